The highest BCUT2D eigenvalue weighted by atomic mass is 16.1. The Bertz CT molecular complexity index is 965. The third-order valence-corrected chi connectivity index (χ3v) is 5.30. The smallest absolute Gasteiger partial charge is 0.260 e. The second-order valence-electron chi connectivity index (χ2n) is 7.00. The van der Waals surface area contributed by atoms with Gasteiger partial charge in [0.1, 0.15) is 12.2 Å². The molecule has 1 saturated heterocycles. The summed E-state index contributed by atoms with van der Waals surface area (Å²) in [4.78, 5) is 22.0. The largest absolute Gasteiger partial charge is 0.342 e. The first-order valence-corrected chi connectivity index (χ1v) is 8.93. The van der Waals surface area contributed by atoms with Crippen LogP contribution in [0.5, 0.6) is 0 Å². The standard InChI is InChI=1S/C18H20N6O/c25-17-14-3-1-2-4-15(14)20-18(21-17)23-9-7-12(8-10-23)16-22-19-11-24(16)13-5-6-13/h1-4,11-13H,5-10H2,(H,20,21,25). The summed E-state index contributed by atoms with van der Waals surface area (Å²) in [7, 11) is 0. The van der Waals surface area contributed by atoms with Gasteiger partial charge in [0.25, 0.3) is 5.56 Å². The number of piperidine rings is 1. The second-order valence-corrected chi connectivity index (χ2v) is 7.00. The maximum absolute atomic E-state index is 12.3. The van der Waals surface area contributed by atoms with Crippen molar-refractivity contribution in [2.75, 3.05) is 18.0 Å². The van der Waals surface area contributed by atoms with Gasteiger partial charge in [-0.25, -0.2) is 4.98 Å². The number of para-hydroxylation sites is 1. The molecule has 3 aromatic rings. The molecule has 25 heavy (non-hydrogen) atoms. The molecule has 0 atom stereocenters. The zero-order valence-corrected chi connectivity index (χ0v) is 13.9. The summed E-state index contributed by atoms with van der Waals surface area (Å²) in [6.45, 7) is 1.73. The molecule has 7 heteroatoms. The Hall–Kier alpha value is -2.70. The van der Waals surface area contributed by atoms with Crippen molar-refractivity contribution < 1.29 is 0 Å². The van der Waals surface area contributed by atoms with Crippen LogP contribution in [0.4, 0.5) is 5.95 Å². The number of nitrogens with one attached hydrogen (secondary N) is 1. The molecule has 5 rings (SSSR count). The normalized spacial score (nSPS) is 18.8. The lowest BCUT2D eigenvalue weighted by atomic mass is 9.96. The first kappa shape index (κ1) is 14.6. The van der Waals surface area contributed by atoms with Gasteiger partial charge in [-0.1, -0.05) is 12.1 Å². The topological polar surface area (TPSA) is 79.7 Å². The third kappa shape index (κ3) is 2.59. The second kappa shape index (κ2) is 5.68. The summed E-state index contributed by atoms with van der Waals surface area (Å²) in [6.07, 6.45) is 6.36. The van der Waals surface area contributed by atoms with Gasteiger partial charge in [0.15, 0.2) is 0 Å². The molecule has 0 radical (unpaired) electrons. The first-order chi connectivity index (χ1) is 12.3. The highest BCUT2D eigenvalue weighted by molar-refractivity contribution is 5.78. The lowest BCUT2D eigenvalue weighted by molar-refractivity contribution is 0.461. The van der Waals surface area contributed by atoms with Gasteiger partial charge in [-0.15, -0.1) is 10.2 Å². The number of hydrogen-bond donors (Lipinski definition) is 1. The van der Waals surface area contributed by atoms with E-state index in [0.717, 1.165) is 37.3 Å². The SMILES string of the molecule is O=c1[nH]c(N2CCC(c3nncn3C3CC3)CC2)nc2ccccc12. The lowest BCUT2D eigenvalue weighted by Gasteiger charge is -2.32. The molecular formula is C18H20N6O. The minimum absolute atomic E-state index is 0.0730. The Morgan fingerprint density at radius 3 is 2.68 bits per heavy atom. The van der Waals surface area contributed by atoms with Crippen LogP contribution in [0.1, 0.15) is 43.5 Å². The van der Waals surface area contributed by atoms with Crippen molar-refractivity contribution in [2.24, 2.45) is 0 Å². The van der Waals surface area contributed by atoms with Crippen molar-refractivity contribution in [3.05, 3.63) is 46.8 Å². The first-order valence-electron chi connectivity index (χ1n) is 8.93. The maximum atomic E-state index is 12.3. The van der Waals surface area contributed by atoms with Gasteiger partial charge in [0.05, 0.1) is 10.9 Å². The predicted molar refractivity (Wildman–Crippen MR) is 94.8 cm³/mol. The van der Waals surface area contributed by atoms with E-state index in [9.17, 15) is 4.79 Å². The Kier molecular flexibility index (Phi) is 3.33. The van der Waals surface area contributed by atoms with Gasteiger partial charge in [0, 0.05) is 25.0 Å². The van der Waals surface area contributed by atoms with E-state index in [1.807, 2.05) is 30.6 Å². The molecule has 0 bridgehead atoms. The average molecular weight is 336 g/mol. The average Bonchev–Trinajstić information content (AvgIpc) is 3.38. The van der Waals surface area contributed by atoms with Crippen LogP contribution in [0.3, 0.4) is 0 Å². The fourth-order valence-corrected chi connectivity index (χ4v) is 3.75. The molecule has 0 spiro atoms. The molecule has 1 N–H and O–H groups in total. The molecule has 1 aromatic carbocycles. The Labute approximate surface area is 144 Å². The molecule has 1 aliphatic heterocycles. The van der Waals surface area contributed by atoms with Gasteiger partial charge < -0.3 is 9.47 Å². The number of anilines is 1. The molecule has 128 valence electrons. The highest BCUT2D eigenvalue weighted by Crippen LogP contribution is 2.38. The van der Waals surface area contributed by atoms with Crippen LogP contribution in [0.15, 0.2) is 35.4 Å². The summed E-state index contributed by atoms with van der Waals surface area (Å²) in [5, 5.41) is 9.13. The molecule has 0 unspecified atom stereocenters. The van der Waals surface area contributed by atoms with Crippen LogP contribution >= 0.6 is 0 Å². The maximum Gasteiger partial charge on any atom is 0.260 e. The van der Waals surface area contributed by atoms with Crippen LogP contribution in [-0.2, 0) is 0 Å². The van der Waals surface area contributed by atoms with Crippen LogP contribution in [-0.4, -0.2) is 37.8 Å². The Morgan fingerprint density at radius 1 is 1.08 bits per heavy atom. The molecule has 2 fully saturated rings. The van der Waals surface area contributed by atoms with E-state index >= 15 is 0 Å². The number of hydrogen-bond acceptors (Lipinski definition) is 5. The zero-order chi connectivity index (χ0) is 16.8. The van der Waals surface area contributed by atoms with Crippen molar-refractivity contribution >= 4 is 16.9 Å². The number of benzene rings is 1. The predicted octanol–water partition coefficient (Wildman–Crippen LogP) is 2.23. The Morgan fingerprint density at radius 2 is 1.88 bits per heavy atom. The van der Waals surface area contributed by atoms with Gasteiger partial charge in [-0.05, 0) is 37.8 Å². The van der Waals surface area contributed by atoms with E-state index in [1.54, 1.807) is 0 Å². The molecule has 2 aromatic heterocycles. The Balaban J connectivity index is 1.36. The number of fused-ring (bicyclic) bond motifs is 1. The van der Waals surface area contributed by atoms with E-state index in [0.29, 0.717) is 23.3 Å². The van der Waals surface area contributed by atoms with Crippen molar-refractivity contribution in [1.82, 2.24) is 24.7 Å². The molecule has 7 nitrogen and oxygen atoms in total. The van der Waals surface area contributed by atoms with Crippen LogP contribution in [0, 0.1) is 0 Å². The van der Waals surface area contributed by atoms with Gasteiger partial charge >= 0.3 is 0 Å². The molecule has 1 saturated carbocycles. The molecule has 0 amide bonds. The van der Waals surface area contributed by atoms with E-state index in [4.69, 9.17) is 0 Å². The summed E-state index contributed by atoms with van der Waals surface area (Å²) in [6, 6.07) is 8.08. The van der Waals surface area contributed by atoms with E-state index in [-0.39, 0.29) is 5.56 Å². The summed E-state index contributed by atoms with van der Waals surface area (Å²) in [5.41, 5.74) is 0.674. The number of rotatable bonds is 3. The third-order valence-electron chi connectivity index (χ3n) is 5.30. The zero-order valence-electron chi connectivity index (χ0n) is 13.9. The number of nitrogens with zero attached hydrogens (tertiary/aromatic N) is 5. The highest BCUT2D eigenvalue weighted by Gasteiger charge is 2.31. The van der Waals surface area contributed by atoms with Crippen molar-refractivity contribution in [3.63, 3.8) is 0 Å². The molecular weight excluding hydrogens is 316 g/mol. The van der Waals surface area contributed by atoms with Gasteiger partial charge in [-0.2, -0.15) is 0 Å². The number of H-pyrrole nitrogens is 1. The quantitative estimate of drug-likeness (QED) is 0.793. The number of aromatic nitrogens is 5. The minimum atomic E-state index is -0.0730. The van der Waals surface area contributed by atoms with E-state index in [2.05, 4.69) is 29.6 Å². The summed E-state index contributed by atoms with van der Waals surface area (Å²) in [5.74, 6) is 2.24. The van der Waals surface area contributed by atoms with Crippen LogP contribution in [0.25, 0.3) is 10.9 Å². The van der Waals surface area contributed by atoms with E-state index in [1.165, 1.54) is 12.8 Å². The lowest BCUT2D eigenvalue weighted by Crippen LogP contribution is -2.35. The number of aromatic amines is 1. The van der Waals surface area contributed by atoms with Gasteiger partial charge in [0.2, 0.25) is 5.95 Å². The van der Waals surface area contributed by atoms with Crippen LogP contribution in [0.2, 0.25) is 0 Å². The fraction of sp³-hybridized carbons (Fsp3) is 0.444. The minimum Gasteiger partial charge on any atom is -0.342 e. The van der Waals surface area contributed by atoms with Gasteiger partial charge in [-0.3, -0.25) is 9.78 Å². The van der Waals surface area contributed by atoms with Crippen molar-refractivity contribution in [2.45, 2.75) is 37.6 Å². The molecule has 2 aliphatic rings. The molecule has 1 aliphatic carbocycles. The summed E-state index contributed by atoms with van der Waals surface area (Å²) >= 11 is 0. The fourth-order valence-electron chi connectivity index (χ4n) is 3.75. The van der Waals surface area contributed by atoms with Crippen molar-refractivity contribution in [3.8, 4) is 0 Å². The molecule has 3 heterocycles. The monoisotopic (exact) mass is 336 g/mol. The van der Waals surface area contributed by atoms with E-state index < -0.39 is 0 Å². The summed E-state index contributed by atoms with van der Waals surface area (Å²) < 4.78 is 2.26. The van der Waals surface area contributed by atoms with Crippen LogP contribution < -0.4 is 10.5 Å². The van der Waals surface area contributed by atoms with Crippen molar-refractivity contribution in [1.29, 1.82) is 0 Å².